The molecule has 1 aromatic carbocycles. The van der Waals surface area contributed by atoms with Crippen LogP contribution in [0.4, 0.5) is 8.78 Å². The first-order chi connectivity index (χ1) is 9.58. The molecular weight excluding hydrogens is 266 g/mol. The predicted molar refractivity (Wildman–Crippen MR) is 69.0 cm³/mol. The second kappa shape index (κ2) is 6.53. The number of nitrogens with two attached hydrogens (primary N) is 1. The summed E-state index contributed by atoms with van der Waals surface area (Å²) in [6.45, 7) is -0.762. The maximum absolute atomic E-state index is 13.8. The van der Waals surface area contributed by atoms with Crippen molar-refractivity contribution in [3.63, 3.8) is 0 Å². The molecule has 0 saturated heterocycles. The highest BCUT2D eigenvalue weighted by atomic mass is 19.3. The van der Waals surface area contributed by atoms with E-state index in [4.69, 9.17) is 10.5 Å². The monoisotopic (exact) mass is 282 g/mol. The number of ether oxygens (including phenoxy) is 1. The Morgan fingerprint density at radius 1 is 1.20 bits per heavy atom. The molecule has 0 amide bonds. The summed E-state index contributed by atoms with van der Waals surface area (Å²) in [6.07, 6.45) is 2.83. The Balaban J connectivity index is 1.80. The Labute approximate surface area is 115 Å². The highest BCUT2D eigenvalue weighted by molar-refractivity contribution is 5.13. The van der Waals surface area contributed by atoms with E-state index in [1.807, 2.05) is 30.3 Å². The van der Waals surface area contributed by atoms with E-state index in [1.165, 1.54) is 12.4 Å². The van der Waals surface area contributed by atoms with Gasteiger partial charge in [-0.3, -0.25) is 0 Å². The smallest absolute Gasteiger partial charge is 0.287 e. The number of alkyl halides is 2. The number of hydrogen-bond acceptors (Lipinski definition) is 4. The first-order valence-electron chi connectivity index (χ1n) is 6.17. The molecule has 0 unspecified atom stereocenters. The molecule has 2 N–H and O–H groups in total. The summed E-state index contributed by atoms with van der Waals surface area (Å²) in [6, 6.07) is 7.73. The Bertz CT molecular complexity index is 504. The molecule has 0 aliphatic carbocycles. The lowest BCUT2D eigenvalue weighted by Crippen LogP contribution is -2.47. The fourth-order valence-electron chi connectivity index (χ4n) is 1.63. The zero-order valence-corrected chi connectivity index (χ0v) is 10.8. The van der Waals surface area contributed by atoms with Crippen LogP contribution in [-0.2, 0) is 17.9 Å². The molecule has 5 nitrogen and oxygen atoms in total. The Hall–Kier alpha value is -1.86. The van der Waals surface area contributed by atoms with Crippen molar-refractivity contribution in [3.05, 3.63) is 48.3 Å². The Morgan fingerprint density at radius 2 is 1.85 bits per heavy atom. The maximum atomic E-state index is 13.8. The molecule has 1 aromatic heterocycles. The molecule has 0 aliphatic rings. The van der Waals surface area contributed by atoms with Crippen molar-refractivity contribution in [3.8, 4) is 0 Å². The van der Waals surface area contributed by atoms with Gasteiger partial charge in [0.2, 0.25) is 0 Å². The highest BCUT2D eigenvalue weighted by Crippen LogP contribution is 2.19. The number of nitrogens with zero attached hydrogens (tertiary/aromatic N) is 3. The lowest BCUT2D eigenvalue weighted by Gasteiger charge is -2.22. The van der Waals surface area contributed by atoms with Crippen LogP contribution in [-0.4, -0.2) is 33.6 Å². The van der Waals surface area contributed by atoms with Gasteiger partial charge in [-0.2, -0.15) is 15.0 Å². The summed E-state index contributed by atoms with van der Waals surface area (Å²) in [7, 11) is 0. The number of hydrogen-bond donors (Lipinski definition) is 1. The zero-order valence-electron chi connectivity index (χ0n) is 10.8. The van der Waals surface area contributed by atoms with Crippen LogP contribution in [0.1, 0.15) is 5.56 Å². The predicted octanol–water partition coefficient (Wildman–Crippen LogP) is 1.46. The Kier molecular flexibility index (Phi) is 4.75. The molecule has 0 bridgehead atoms. The number of rotatable bonds is 7. The third-order valence-corrected chi connectivity index (χ3v) is 2.78. The summed E-state index contributed by atoms with van der Waals surface area (Å²) in [5, 5.41) is 7.50. The summed E-state index contributed by atoms with van der Waals surface area (Å²) >= 11 is 0. The molecule has 2 aromatic rings. The van der Waals surface area contributed by atoms with Gasteiger partial charge < -0.3 is 10.5 Å². The van der Waals surface area contributed by atoms with Gasteiger partial charge >= 0.3 is 0 Å². The van der Waals surface area contributed by atoms with Crippen LogP contribution < -0.4 is 5.73 Å². The zero-order chi connectivity index (χ0) is 14.4. The van der Waals surface area contributed by atoms with Crippen molar-refractivity contribution in [2.45, 2.75) is 25.1 Å². The molecule has 2 rings (SSSR count). The summed E-state index contributed by atoms with van der Waals surface area (Å²) < 4.78 is 32.6. The second-order valence-electron chi connectivity index (χ2n) is 4.43. The van der Waals surface area contributed by atoms with Crippen molar-refractivity contribution in [1.29, 1.82) is 0 Å². The molecule has 0 fully saturated rings. The second-order valence-corrected chi connectivity index (χ2v) is 4.43. The van der Waals surface area contributed by atoms with Crippen LogP contribution in [0.15, 0.2) is 42.7 Å². The van der Waals surface area contributed by atoms with Crippen molar-refractivity contribution < 1.29 is 13.5 Å². The van der Waals surface area contributed by atoms with Crippen LogP contribution >= 0.6 is 0 Å². The molecule has 108 valence electrons. The van der Waals surface area contributed by atoms with Crippen molar-refractivity contribution in [1.82, 2.24) is 15.0 Å². The standard InChI is InChI=1S/C13H16F2N4O/c14-13(15,12(16)8-19-17-6-7-18-19)10-20-9-11-4-2-1-3-5-11/h1-7,12H,8-10,16H2/t12-/m1/s1. The van der Waals surface area contributed by atoms with E-state index in [2.05, 4.69) is 10.2 Å². The first kappa shape index (κ1) is 14.5. The quantitative estimate of drug-likeness (QED) is 0.835. The molecule has 20 heavy (non-hydrogen) atoms. The molecule has 0 radical (unpaired) electrons. The van der Waals surface area contributed by atoms with Gasteiger partial charge in [0, 0.05) is 0 Å². The van der Waals surface area contributed by atoms with E-state index in [0.29, 0.717) is 0 Å². The van der Waals surface area contributed by atoms with Crippen LogP contribution in [0.25, 0.3) is 0 Å². The fourth-order valence-corrected chi connectivity index (χ4v) is 1.63. The van der Waals surface area contributed by atoms with E-state index < -0.39 is 18.6 Å². The molecule has 1 atom stereocenters. The number of benzene rings is 1. The van der Waals surface area contributed by atoms with E-state index >= 15 is 0 Å². The van der Waals surface area contributed by atoms with Crippen LogP contribution in [0.2, 0.25) is 0 Å². The van der Waals surface area contributed by atoms with Gasteiger partial charge in [-0.05, 0) is 5.56 Å². The molecule has 0 saturated carbocycles. The molecule has 0 spiro atoms. The minimum Gasteiger partial charge on any atom is -0.370 e. The average Bonchev–Trinajstić information content (AvgIpc) is 2.92. The van der Waals surface area contributed by atoms with E-state index in [-0.39, 0.29) is 13.2 Å². The average molecular weight is 282 g/mol. The molecule has 0 aliphatic heterocycles. The molecule has 7 heteroatoms. The van der Waals surface area contributed by atoms with Gasteiger partial charge in [0.25, 0.3) is 5.92 Å². The SMILES string of the molecule is N[C@H](Cn1nccn1)C(F)(F)COCc1ccccc1. The van der Waals surface area contributed by atoms with E-state index in [0.717, 1.165) is 10.4 Å². The Morgan fingerprint density at radius 3 is 2.50 bits per heavy atom. The lowest BCUT2D eigenvalue weighted by molar-refractivity contribution is -0.101. The fraction of sp³-hybridized carbons (Fsp3) is 0.385. The summed E-state index contributed by atoms with van der Waals surface area (Å²) in [5.41, 5.74) is 6.33. The van der Waals surface area contributed by atoms with E-state index in [9.17, 15) is 8.78 Å². The summed E-state index contributed by atoms with van der Waals surface area (Å²) in [4.78, 5) is 1.13. The lowest BCUT2D eigenvalue weighted by atomic mass is 10.1. The number of halogens is 2. The minimum atomic E-state index is -3.14. The van der Waals surface area contributed by atoms with Gasteiger partial charge in [-0.1, -0.05) is 30.3 Å². The summed E-state index contributed by atoms with van der Waals surface area (Å²) in [5.74, 6) is -3.14. The minimum absolute atomic E-state index is 0.128. The third kappa shape index (κ3) is 4.07. The van der Waals surface area contributed by atoms with Gasteiger partial charge in [-0.15, -0.1) is 0 Å². The van der Waals surface area contributed by atoms with Crippen molar-refractivity contribution >= 4 is 0 Å². The first-order valence-corrected chi connectivity index (χ1v) is 6.17. The van der Waals surface area contributed by atoms with Gasteiger partial charge in [0.1, 0.15) is 6.61 Å². The van der Waals surface area contributed by atoms with E-state index in [1.54, 1.807) is 0 Å². The normalized spacial score (nSPS) is 13.3. The van der Waals surface area contributed by atoms with Gasteiger partial charge in [-0.25, -0.2) is 8.78 Å². The van der Waals surface area contributed by atoms with Crippen LogP contribution in [0, 0.1) is 0 Å². The van der Waals surface area contributed by atoms with Crippen molar-refractivity contribution in [2.24, 2.45) is 5.73 Å². The largest absolute Gasteiger partial charge is 0.370 e. The third-order valence-electron chi connectivity index (χ3n) is 2.78. The number of aromatic nitrogens is 3. The van der Waals surface area contributed by atoms with Gasteiger partial charge in [0.05, 0.1) is 31.6 Å². The topological polar surface area (TPSA) is 66.0 Å². The van der Waals surface area contributed by atoms with Gasteiger partial charge in [0.15, 0.2) is 0 Å². The maximum Gasteiger partial charge on any atom is 0.287 e. The van der Waals surface area contributed by atoms with Crippen LogP contribution in [0.5, 0.6) is 0 Å². The van der Waals surface area contributed by atoms with Crippen LogP contribution in [0.3, 0.4) is 0 Å². The highest BCUT2D eigenvalue weighted by Gasteiger charge is 2.38. The van der Waals surface area contributed by atoms with Crippen molar-refractivity contribution in [2.75, 3.05) is 6.61 Å². The molecule has 1 heterocycles. The molecular formula is C13H16F2N4O.